The molecule has 0 radical (unpaired) electrons. The Hall–Kier alpha value is -3.38. The summed E-state index contributed by atoms with van der Waals surface area (Å²) in [5.74, 6) is -0.0670. The molecule has 0 saturated heterocycles. The molecule has 1 atom stereocenters. The first-order chi connectivity index (χ1) is 15.9. The fourth-order valence-corrected chi connectivity index (χ4v) is 4.35. The second kappa shape index (κ2) is 9.63. The zero-order chi connectivity index (χ0) is 23.5. The highest BCUT2D eigenvalue weighted by Gasteiger charge is 2.18. The number of fused-ring (bicyclic) bond motifs is 1. The maximum Gasteiger partial charge on any atom is 0.276 e. The van der Waals surface area contributed by atoms with Gasteiger partial charge in [-0.25, -0.2) is 4.68 Å². The molecule has 0 fully saturated rings. The number of carbonyl (C=O) groups is 1. The molecule has 4 rings (SSSR count). The molecule has 0 aliphatic heterocycles. The summed E-state index contributed by atoms with van der Waals surface area (Å²) in [6.45, 7) is 6.87. The van der Waals surface area contributed by atoms with Crippen LogP contribution >= 0.6 is 11.6 Å². The molecule has 6 nitrogen and oxygen atoms in total. The summed E-state index contributed by atoms with van der Waals surface area (Å²) in [7, 11) is 0. The average molecular weight is 463 g/mol. The number of amides is 1. The van der Waals surface area contributed by atoms with Crippen LogP contribution in [0.4, 0.5) is 0 Å². The van der Waals surface area contributed by atoms with Gasteiger partial charge in [0.1, 0.15) is 6.54 Å². The van der Waals surface area contributed by atoms with Crippen LogP contribution in [-0.4, -0.2) is 26.8 Å². The van der Waals surface area contributed by atoms with Crippen molar-refractivity contribution in [1.82, 2.24) is 19.7 Å². The van der Waals surface area contributed by atoms with E-state index in [0.29, 0.717) is 23.5 Å². The number of hydrogen-bond donors (Lipinski definition) is 1. The van der Waals surface area contributed by atoms with Gasteiger partial charge in [0.25, 0.3) is 5.56 Å². The first kappa shape index (κ1) is 22.8. The quantitative estimate of drug-likeness (QED) is 0.441. The predicted molar refractivity (Wildman–Crippen MR) is 132 cm³/mol. The largest absolute Gasteiger partial charge is 0.354 e. The lowest BCUT2D eigenvalue weighted by Gasteiger charge is -2.13. The molecule has 0 saturated carbocycles. The van der Waals surface area contributed by atoms with E-state index in [-0.39, 0.29) is 23.9 Å². The number of halogens is 1. The Morgan fingerprint density at radius 1 is 1.06 bits per heavy atom. The van der Waals surface area contributed by atoms with Crippen LogP contribution in [0.1, 0.15) is 35.4 Å². The summed E-state index contributed by atoms with van der Waals surface area (Å²) < 4.78 is 3.30. The van der Waals surface area contributed by atoms with E-state index in [1.54, 1.807) is 6.20 Å². The molecule has 2 heterocycles. The van der Waals surface area contributed by atoms with Crippen molar-refractivity contribution in [1.29, 1.82) is 0 Å². The van der Waals surface area contributed by atoms with Gasteiger partial charge in [0, 0.05) is 34.9 Å². The van der Waals surface area contributed by atoms with E-state index < -0.39 is 0 Å². The van der Waals surface area contributed by atoms with Crippen LogP contribution in [0.3, 0.4) is 0 Å². The highest BCUT2D eigenvalue weighted by Crippen LogP contribution is 2.25. The molecule has 0 aliphatic carbocycles. The molecule has 0 unspecified atom stereocenters. The van der Waals surface area contributed by atoms with Crippen molar-refractivity contribution in [3.8, 4) is 0 Å². The Labute approximate surface area is 197 Å². The number of nitrogens with one attached hydrogen (secondary N) is 1. The Morgan fingerprint density at radius 2 is 1.76 bits per heavy atom. The molecule has 2 aromatic heterocycles. The minimum atomic E-state index is -0.266. The van der Waals surface area contributed by atoms with Crippen molar-refractivity contribution in [3.63, 3.8) is 0 Å². The van der Waals surface area contributed by atoms with Crippen molar-refractivity contribution < 1.29 is 4.79 Å². The van der Waals surface area contributed by atoms with Crippen LogP contribution in [0.2, 0.25) is 5.02 Å². The summed E-state index contributed by atoms with van der Waals surface area (Å²) in [5, 5.41) is 9.25. The first-order valence-corrected chi connectivity index (χ1v) is 11.3. The van der Waals surface area contributed by atoms with Crippen molar-refractivity contribution in [2.75, 3.05) is 6.54 Å². The van der Waals surface area contributed by atoms with Gasteiger partial charge in [-0.05, 0) is 37.0 Å². The second-order valence-electron chi connectivity index (χ2n) is 8.36. The monoisotopic (exact) mass is 462 g/mol. The molecule has 7 heteroatoms. The minimum Gasteiger partial charge on any atom is -0.354 e. The molecule has 33 heavy (non-hydrogen) atoms. The Kier molecular flexibility index (Phi) is 6.65. The third-order valence-corrected chi connectivity index (χ3v) is 6.53. The molecule has 1 amide bonds. The number of rotatable bonds is 7. The van der Waals surface area contributed by atoms with E-state index in [0.717, 1.165) is 27.9 Å². The molecule has 1 N–H and O–H groups in total. The molecular formula is C26H27ClN4O2. The van der Waals surface area contributed by atoms with Gasteiger partial charge < -0.3 is 9.88 Å². The van der Waals surface area contributed by atoms with Gasteiger partial charge in [0.05, 0.1) is 11.6 Å². The third kappa shape index (κ3) is 4.71. The van der Waals surface area contributed by atoms with Gasteiger partial charge in [-0.15, -0.1) is 0 Å². The lowest BCUT2D eigenvalue weighted by atomic mass is 10.0. The number of aromatic nitrogens is 3. The highest BCUT2D eigenvalue weighted by atomic mass is 35.5. The molecule has 4 aromatic rings. The van der Waals surface area contributed by atoms with Gasteiger partial charge >= 0.3 is 0 Å². The summed E-state index contributed by atoms with van der Waals surface area (Å²) in [6.07, 6.45) is 1.67. The average Bonchev–Trinajstić information content (AvgIpc) is 3.06. The van der Waals surface area contributed by atoms with Crippen molar-refractivity contribution >= 4 is 28.3 Å². The molecule has 2 aromatic carbocycles. The Morgan fingerprint density at radius 3 is 2.48 bits per heavy atom. The molecule has 0 aliphatic rings. The summed E-state index contributed by atoms with van der Waals surface area (Å²) >= 11 is 6.35. The normalized spacial score (nSPS) is 12.1. The zero-order valence-corrected chi connectivity index (χ0v) is 19.8. The van der Waals surface area contributed by atoms with E-state index in [1.165, 1.54) is 4.68 Å². The zero-order valence-electron chi connectivity index (χ0n) is 19.0. The number of benzene rings is 2. The van der Waals surface area contributed by atoms with Crippen LogP contribution in [0.5, 0.6) is 0 Å². The number of hydrogen-bond acceptors (Lipinski definition) is 3. The topological polar surface area (TPSA) is 68.9 Å². The summed E-state index contributed by atoms with van der Waals surface area (Å²) in [6, 6.07) is 17.7. The van der Waals surface area contributed by atoms with E-state index in [9.17, 15) is 9.59 Å². The standard InChI is InChI=1S/C26H27ClN4O2/c1-17(20-9-5-4-6-10-20)13-28-24(32)16-31-26(33)25-19(3)30(18(2)22(25)14-29-31)15-21-11-7-8-12-23(21)27/h4-12,14,17H,13,15-16H2,1-3H3,(H,28,32)/t17-/m0/s1. The molecule has 0 bridgehead atoms. The van der Waals surface area contributed by atoms with E-state index in [1.807, 2.05) is 68.4 Å². The first-order valence-electron chi connectivity index (χ1n) is 11.0. The minimum absolute atomic E-state index is 0.121. The molecular weight excluding hydrogens is 436 g/mol. The van der Waals surface area contributed by atoms with Crippen LogP contribution in [-0.2, 0) is 17.9 Å². The lowest BCUT2D eigenvalue weighted by molar-refractivity contribution is -0.121. The highest BCUT2D eigenvalue weighted by molar-refractivity contribution is 6.31. The fourth-order valence-electron chi connectivity index (χ4n) is 4.15. The van der Waals surface area contributed by atoms with Gasteiger partial charge in [0.2, 0.25) is 5.91 Å². The number of carbonyl (C=O) groups excluding carboxylic acids is 1. The van der Waals surface area contributed by atoms with Crippen LogP contribution in [0.25, 0.3) is 10.8 Å². The van der Waals surface area contributed by atoms with Gasteiger partial charge in [-0.3, -0.25) is 9.59 Å². The maximum absolute atomic E-state index is 13.2. The number of nitrogens with zero attached hydrogens (tertiary/aromatic N) is 3. The fraction of sp³-hybridized carbons (Fsp3) is 0.269. The van der Waals surface area contributed by atoms with Crippen LogP contribution in [0, 0.1) is 13.8 Å². The number of aryl methyl sites for hydroxylation is 2. The maximum atomic E-state index is 13.2. The van der Waals surface area contributed by atoms with E-state index >= 15 is 0 Å². The molecule has 0 spiro atoms. The van der Waals surface area contributed by atoms with Gasteiger partial charge in [-0.2, -0.15) is 5.10 Å². The Bertz CT molecular complexity index is 1360. The van der Waals surface area contributed by atoms with Crippen molar-refractivity contribution in [3.05, 3.63) is 98.7 Å². The van der Waals surface area contributed by atoms with Crippen LogP contribution < -0.4 is 10.9 Å². The van der Waals surface area contributed by atoms with Gasteiger partial charge in [-0.1, -0.05) is 67.1 Å². The Balaban J connectivity index is 1.54. The lowest BCUT2D eigenvalue weighted by Crippen LogP contribution is -2.35. The second-order valence-corrected chi connectivity index (χ2v) is 8.77. The summed E-state index contributed by atoms with van der Waals surface area (Å²) in [4.78, 5) is 25.8. The SMILES string of the molecule is Cc1c2cnn(CC(=O)NC[C@H](C)c3ccccc3)c(=O)c2c(C)n1Cc1ccccc1Cl. The smallest absolute Gasteiger partial charge is 0.276 e. The molecule has 170 valence electrons. The summed E-state index contributed by atoms with van der Waals surface area (Å²) in [5.41, 5.74) is 3.64. The van der Waals surface area contributed by atoms with Crippen LogP contribution in [0.15, 0.2) is 65.6 Å². The van der Waals surface area contributed by atoms with E-state index in [2.05, 4.69) is 21.9 Å². The van der Waals surface area contributed by atoms with Crippen molar-refractivity contribution in [2.24, 2.45) is 0 Å². The third-order valence-electron chi connectivity index (χ3n) is 6.16. The van der Waals surface area contributed by atoms with Gasteiger partial charge in [0.15, 0.2) is 0 Å². The van der Waals surface area contributed by atoms with E-state index in [4.69, 9.17) is 11.6 Å². The van der Waals surface area contributed by atoms with Crippen molar-refractivity contribution in [2.45, 2.75) is 39.8 Å². The predicted octanol–water partition coefficient (Wildman–Crippen LogP) is 4.44.